The van der Waals surface area contributed by atoms with E-state index in [9.17, 15) is 4.79 Å². The van der Waals surface area contributed by atoms with Crippen LogP contribution in [0.15, 0.2) is 29.6 Å². The first-order chi connectivity index (χ1) is 9.10. The lowest BCUT2D eigenvalue weighted by Crippen LogP contribution is -2.32. The van der Waals surface area contributed by atoms with E-state index in [1.54, 1.807) is 16.2 Å². The summed E-state index contributed by atoms with van der Waals surface area (Å²) in [6.45, 7) is 6.59. The number of amides is 1. The fourth-order valence-corrected chi connectivity index (χ4v) is 2.78. The average molecular weight is 274 g/mol. The van der Waals surface area contributed by atoms with Crippen LogP contribution >= 0.6 is 11.3 Å². The van der Waals surface area contributed by atoms with Gasteiger partial charge in [-0.1, -0.05) is 6.07 Å². The number of likely N-dealkylation sites (N-methyl/N-ethyl adjacent to an activating group) is 1. The lowest BCUT2D eigenvalue weighted by Gasteiger charge is -2.20. The monoisotopic (exact) mass is 274 g/mol. The molecule has 0 spiro atoms. The standard InChI is InChI=1S/C15H18N2OS/c1-4-17(14-9-11(2)8-12(3)16-14)15(18)10-13-6-5-7-19-13/h5-9H,4,10H2,1-3H3. The fraction of sp³-hybridized carbons (Fsp3) is 0.333. The lowest BCUT2D eigenvalue weighted by molar-refractivity contribution is -0.117. The Morgan fingerprint density at radius 2 is 2.16 bits per heavy atom. The first-order valence-corrected chi connectivity index (χ1v) is 7.26. The van der Waals surface area contributed by atoms with Crippen molar-refractivity contribution in [3.63, 3.8) is 0 Å². The minimum absolute atomic E-state index is 0.0995. The molecule has 100 valence electrons. The Bertz CT molecular complexity index is 543. The third kappa shape index (κ3) is 3.41. The SMILES string of the molecule is CCN(C(=O)Cc1cccs1)c1cc(C)cc(C)n1. The smallest absolute Gasteiger partial charge is 0.233 e. The minimum atomic E-state index is 0.0995. The summed E-state index contributed by atoms with van der Waals surface area (Å²) in [4.78, 5) is 19.7. The Morgan fingerprint density at radius 1 is 1.37 bits per heavy atom. The van der Waals surface area contributed by atoms with Crippen LogP contribution in [-0.4, -0.2) is 17.4 Å². The number of aryl methyl sites for hydroxylation is 2. The van der Waals surface area contributed by atoms with E-state index < -0.39 is 0 Å². The maximum absolute atomic E-state index is 12.4. The maximum Gasteiger partial charge on any atom is 0.233 e. The van der Waals surface area contributed by atoms with Gasteiger partial charge >= 0.3 is 0 Å². The Morgan fingerprint density at radius 3 is 2.74 bits per heavy atom. The molecule has 0 fully saturated rings. The van der Waals surface area contributed by atoms with Crippen molar-refractivity contribution < 1.29 is 4.79 Å². The molecule has 0 saturated carbocycles. The molecule has 3 nitrogen and oxygen atoms in total. The van der Waals surface area contributed by atoms with Gasteiger partial charge in [-0.15, -0.1) is 11.3 Å². The summed E-state index contributed by atoms with van der Waals surface area (Å²) in [7, 11) is 0. The molecule has 2 aromatic rings. The van der Waals surface area contributed by atoms with Gasteiger partial charge in [-0.2, -0.15) is 0 Å². The fourth-order valence-electron chi connectivity index (χ4n) is 2.08. The van der Waals surface area contributed by atoms with Crippen molar-refractivity contribution in [1.82, 2.24) is 4.98 Å². The third-order valence-corrected chi connectivity index (χ3v) is 3.76. The number of thiophene rings is 1. The molecule has 0 aliphatic rings. The number of carbonyl (C=O) groups is 1. The van der Waals surface area contributed by atoms with Gasteiger partial charge in [0.1, 0.15) is 5.82 Å². The molecule has 0 aliphatic carbocycles. The molecule has 0 N–H and O–H groups in total. The molecule has 0 saturated heterocycles. The first-order valence-electron chi connectivity index (χ1n) is 6.38. The van der Waals surface area contributed by atoms with Gasteiger partial charge in [-0.3, -0.25) is 9.69 Å². The van der Waals surface area contributed by atoms with Gasteiger partial charge in [0.05, 0.1) is 6.42 Å². The van der Waals surface area contributed by atoms with Crippen molar-refractivity contribution in [2.75, 3.05) is 11.4 Å². The van der Waals surface area contributed by atoms with Crippen LogP contribution in [0.4, 0.5) is 5.82 Å². The molecule has 2 aromatic heterocycles. The average Bonchev–Trinajstić information content (AvgIpc) is 2.81. The number of rotatable bonds is 4. The second-order valence-electron chi connectivity index (χ2n) is 4.54. The van der Waals surface area contributed by atoms with Gasteiger partial charge in [0.25, 0.3) is 0 Å². The van der Waals surface area contributed by atoms with E-state index in [2.05, 4.69) is 4.98 Å². The molecule has 1 amide bonds. The molecule has 2 heterocycles. The van der Waals surface area contributed by atoms with Crippen molar-refractivity contribution in [3.8, 4) is 0 Å². The second kappa shape index (κ2) is 5.97. The summed E-state index contributed by atoms with van der Waals surface area (Å²) in [6, 6.07) is 7.94. The van der Waals surface area contributed by atoms with E-state index in [0.29, 0.717) is 13.0 Å². The summed E-state index contributed by atoms with van der Waals surface area (Å²) in [5.74, 6) is 0.851. The molecular formula is C15H18N2OS. The van der Waals surface area contributed by atoms with E-state index >= 15 is 0 Å². The summed E-state index contributed by atoms with van der Waals surface area (Å²) in [5, 5.41) is 1.99. The molecule has 0 unspecified atom stereocenters. The lowest BCUT2D eigenvalue weighted by atomic mass is 10.2. The topological polar surface area (TPSA) is 33.2 Å². The molecule has 0 aliphatic heterocycles. The number of anilines is 1. The van der Waals surface area contributed by atoms with E-state index in [0.717, 1.165) is 22.0 Å². The van der Waals surface area contributed by atoms with Gasteiger partial charge in [0.15, 0.2) is 0 Å². The maximum atomic E-state index is 12.4. The van der Waals surface area contributed by atoms with Gasteiger partial charge in [0.2, 0.25) is 5.91 Å². The number of hydrogen-bond acceptors (Lipinski definition) is 3. The van der Waals surface area contributed by atoms with Crippen LogP contribution < -0.4 is 4.90 Å². The highest BCUT2D eigenvalue weighted by Gasteiger charge is 2.16. The first kappa shape index (κ1) is 13.7. The van der Waals surface area contributed by atoms with Crippen LogP contribution in [0.1, 0.15) is 23.1 Å². The number of nitrogens with zero attached hydrogens (tertiary/aromatic N) is 2. The number of aromatic nitrogens is 1. The molecule has 0 radical (unpaired) electrons. The molecule has 0 aromatic carbocycles. The summed E-state index contributed by atoms with van der Waals surface area (Å²) in [5.41, 5.74) is 2.07. The van der Waals surface area contributed by atoms with Crippen LogP contribution in [0.25, 0.3) is 0 Å². The van der Waals surface area contributed by atoms with E-state index in [1.807, 2.05) is 50.4 Å². The molecule has 0 atom stereocenters. The van der Waals surface area contributed by atoms with Crippen molar-refractivity contribution in [1.29, 1.82) is 0 Å². The normalized spacial score (nSPS) is 10.5. The van der Waals surface area contributed by atoms with E-state index in [4.69, 9.17) is 0 Å². The summed E-state index contributed by atoms with van der Waals surface area (Å²) < 4.78 is 0. The number of carbonyl (C=O) groups excluding carboxylic acids is 1. The van der Waals surface area contributed by atoms with Crippen LogP contribution in [0.5, 0.6) is 0 Å². The Labute approximate surface area is 117 Å². The summed E-state index contributed by atoms with van der Waals surface area (Å²) >= 11 is 1.61. The summed E-state index contributed by atoms with van der Waals surface area (Å²) in [6.07, 6.45) is 0.445. The highest BCUT2D eigenvalue weighted by molar-refractivity contribution is 7.10. The highest BCUT2D eigenvalue weighted by Crippen LogP contribution is 2.17. The zero-order valence-electron chi connectivity index (χ0n) is 11.5. The molecule has 2 rings (SSSR count). The molecule has 19 heavy (non-hydrogen) atoms. The highest BCUT2D eigenvalue weighted by atomic mass is 32.1. The van der Waals surface area contributed by atoms with Crippen molar-refractivity contribution >= 4 is 23.1 Å². The van der Waals surface area contributed by atoms with Crippen LogP contribution in [-0.2, 0) is 11.2 Å². The van der Waals surface area contributed by atoms with Crippen molar-refractivity contribution in [3.05, 3.63) is 45.8 Å². The van der Waals surface area contributed by atoms with Gasteiger partial charge in [0, 0.05) is 17.1 Å². The van der Waals surface area contributed by atoms with Crippen LogP contribution in [0.2, 0.25) is 0 Å². The molecular weight excluding hydrogens is 256 g/mol. The molecule has 4 heteroatoms. The Kier molecular flexibility index (Phi) is 4.32. The van der Waals surface area contributed by atoms with Gasteiger partial charge in [-0.05, 0) is 49.9 Å². The van der Waals surface area contributed by atoms with Crippen molar-refractivity contribution in [2.24, 2.45) is 0 Å². The quantitative estimate of drug-likeness (QED) is 0.856. The van der Waals surface area contributed by atoms with E-state index in [1.165, 1.54) is 0 Å². The predicted molar refractivity (Wildman–Crippen MR) is 79.8 cm³/mol. The predicted octanol–water partition coefficient (Wildman–Crippen LogP) is 3.36. The van der Waals surface area contributed by atoms with Gasteiger partial charge < -0.3 is 0 Å². The number of pyridine rings is 1. The Hall–Kier alpha value is -1.68. The van der Waals surface area contributed by atoms with Gasteiger partial charge in [-0.25, -0.2) is 4.98 Å². The third-order valence-electron chi connectivity index (χ3n) is 2.88. The van der Waals surface area contributed by atoms with Crippen molar-refractivity contribution in [2.45, 2.75) is 27.2 Å². The number of hydrogen-bond donors (Lipinski definition) is 0. The zero-order valence-corrected chi connectivity index (χ0v) is 12.3. The van der Waals surface area contributed by atoms with Crippen LogP contribution in [0, 0.1) is 13.8 Å². The zero-order chi connectivity index (χ0) is 13.8. The van der Waals surface area contributed by atoms with Crippen LogP contribution in [0.3, 0.4) is 0 Å². The second-order valence-corrected chi connectivity index (χ2v) is 5.57. The minimum Gasteiger partial charge on any atom is -0.297 e. The van der Waals surface area contributed by atoms with E-state index in [-0.39, 0.29) is 5.91 Å². The Balaban J connectivity index is 2.21. The largest absolute Gasteiger partial charge is 0.297 e. The molecule has 0 bridgehead atoms.